The Morgan fingerprint density at radius 1 is 1.19 bits per heavy atom. The maximum absolute atomic E-state index is 6.33. The van der Waals surface area contributed by atoms with Gasteiger partial charge in [-0.2, -0.15) is 0 Å². The van der Waals surface area contributed by atoms with Crippen LogP contribution in [0.3, 0.4) is 0 Å². The molecule has 4 heteroatoms. The molecule has 2 rings (SSSR count). The molecule has 0 amide bonds. The predicted octanol–water partition coefficient (Wildman–Crippen LogP) is 5.35. The van der Waals surface area contributed by atoms with Crippen LogP contribution in [0.5, 0.6) is 11.5 Å². The first kappa shape index (κ1) is 16.2. The van der Waals surface area contributed by atoms with Gasteiger partial charge in [-0.05, 0) is 36.1 Å². The fraction of sp³-hybridized carbons (Fsp3) is 0.294. The summed E-state index contributed by atoms with van der Waals surface area (Å²) in [6.07, 6.45) is 2.04. The largest absolute Gasteiger partial charge is 0.456 e. The van der Waals surface area contributed by atoms with Crippen molar-refractivity contribution in [2.24, 2.45) is 0 Å². The minimum absolute atomic E-state index is 0.436. The van der Waals surface area contributed by atoms with E-state index in [0.29, 0.717) is 6.04 Å². The topological polar surface area (TPSA) is 21.3 Å². The van der Waals surface area contributed by atoms with Crippen molar-refractivity contribution >= 4 is 23.4 Å². The number of halogens is 1. The summed E-state index contributed by atoms with van der Waals surface area (Å²) < 4.78 is 5.94. The van der Waals surface area contributed by atoms with Gasteiger partial charge in [-0.3, -0.25) is 0 Å². The summed E-state index contributed by atoms with van der Waals surface area (Å²) in [5.41, 5.74) is 1.08. The number of rotatable bonds is 6. The molecule has 0 radical (unpaired) electrons. The van der Waals surface area contributed by atoms with Crippen LogP contribution in [0.1, 0.15) is 19.4 Å². The minimum atomic E-state index is 0.436. The highest BCUT2D eigenvalue weighted by Gasteiger charge is 2.07. The molecule has 0 aliphatic carbocycles. The molecule has 0 aliphatic rings. The molecular weight excluding hydrogens is 302 g/mol. The second-order valence-corrected chi connectivity index (χ2v) is 6.30. The fourth-order valence-corrected chi connectivity index (χ4v) is 2.64. The molecule has 0 saturated heterocycles. The molecule has 1 N–H and O–H groups in total. The zero-order chi connectivity index (χ0) is 15.2. The second-order valence-electron chi connectivity index (χ2n) is 5.04. The van der Waals surface area contributed by atoms with Crippen LogP contribution >= 0.6 is 23.4 Å². The molecule has 2 aromatic rings. The molecule has 0 aromatic heterocycles. The first-order valence-electron chi connectivity index (χ1n) is 6.93. The van der Waals surface area contributed by atoms with Crippen molar-refractivity contribution in [2.45, 2.75) is 31.3 Å². The smallest absolute Gasteiger partial charge is 0.140 e. The lowest BCUT2D eigenvalue weighted by molar-refractivity contribution is 0.471. The summed E-state index contributed by atoms with van der Waals surface area (Å²) in [5, 5.41) is 4.09. The van der Waals surface area contributed by atoms with Gasteiger partial charge in [0.05, 0.1) is 0 Å². The molecule has 0 spiro atoms. The van der Waals surface area contributed by atoms with Crippen molar-refractivity contribution in [3.63, 3.8) is 0 Å². The van der Waals surface area contributed by atoms with Crippen molar-refractivity contribution in [1.82, 2.24) is 5.32 Å². The molecule has 112 valence electrons. The van der Waals surface area contributed by atoms with Crippen molar-refractivity contribution in [1.29, 1.82) is 0 Å². The Balaban J connectivity index is 2.13. The van der Waals surface area contributed by atoms with Gasteiger partial charge in [0.1, 0.15) is 11.5 Å². The van der Waals surface area contributed by atoms with Gasteiger partial charge in [0.2, 0.25) is 0 Å². The summed E-state index contributed by atoms with van der Waals surface area (Å²) in [6, 6.07) is 14.3. The standard InChI is InChI=1S/C17H20ClNOS/c1-12(2)19-11-13-8-9-14(10-15(13)18)20-16-6-4-5-7-17(16)21-3/h4-10,12,19H,11H2,1-3H3. The van der Waals surface area contributed by atoms with Crippen LogP contribution in [-0.4, -0.2) is 12.3 Å². The molecule has 0 atom stereocenters. The van der Waals surface area contributed by atoms with E-state index in [4.69, 9.17) is 16.3 Å². The molecule has 0 saturated carbocycles. The van der Waals surface area contributed by atoms with Crippen molar-refractivity contribution in [3.8, 4) is 11.5 Å². The van der Waals surface area contributed by atoms with E-state index in [-0.39, 0.29) is 0 Å². The SMILES string of the molecule is CSc1ccccc1Oc1ccc(CNC(C)C)c(Cl)c1. The van der Waals surface area contributed by atoms with E-state index in [1.54, 1.807) is 11.8 Å². The molecule has 0 fully saturated rings. The first-order chi connectivity index (χ1) is 10.1. The number of thioether (sulfide) groups is 1. The number of para-hydroxylation sites is 1. The fourth-order valence-electron chi connectivity index (χ4n) is 1.88. The Hall–Kier alpha value is -1.16. The summed E-state index contributed by atoms with van der Waals surface area (Å²) in [4.78, 5) is 1.11. The molecular formula is C17H20ClNOS. The highest BCUT2D eigenvalue weighted by molar-refractivity contribution is 7.98. The summed E-state index contributed by atoms with van der Waals surface area (Å²) in [6.45, 7) is 4.99. The van der Waals surface area contributed by atoms with Crippen molar-refractivity contribution < 1.29 is 4.74 Å². The van der Waals surface area contributed by atoms with Gasteiger partial charge in [0.15, 0.2) is 0 Å². The third-order valence-corrected chi connectivity index (χ3v) is 4.15. The Kier molecular flexibility index (Phi) is 5.97. The minimum Gasteiger partial charge on any atom is -0.456 e. The van der Waals surface area contributed by atoms with E-state index in [1.165, 1.54) is 0 Å². The number of hydrogen-bond donors (Lipinski definition) is 1. The molecule has 2 nitrogen and oxygen atoms in total. The van der Waals surface area contributed by atoms with Crippen LogP contribution in [-0.2, 0) is 6.54 Å². The molecule has 0 bridgehead atoms. The van der Waals surface area contributed by atoms with Gasteiger partial charge in [0.25, 0.3) is 0 Å². The normalized spacial score (nSPS) is 10.9. The van der Waals surface area contributed by atoms with E-state index >= 15 is 0 Å². The average Bonchev–Trinajstić information content (AvgIpc) is 2.47. The lowest BCUT2D eigenvalue weighted by Crippen LogP contribution is -2.21. The van der Waals surface area contributed by atoms with Gasteiger partial charge in [-0.25, -0.2) is 0 Å². The predicted molar refractivity (Wildman–Crippen MR) is 91.7 cm³/mol. The van der Waals surface area contributed by atoms with Gasteiger partial charge < -0.3 is 10.1 Å². The van der Waals surface area contributed by atoms with Gasteiger partial charge >= 0.3 is 0 Å². The van der Waals surface area contributed by atoms with Crippen molar-refractivity contribution in [2.75, 3.05) is 6.26 Å². The Labute approximate surface area is 135 Å². The second kappa shape index (κ2) is 7.74. The Bertz CT molecular complexity index is 601. The van der Waals surface area contributed by atoms with E-state index < -0.39 is 0 Å². The lowest BCUT2D eigenvalue weighted by atomic mass is 10.2. The highest BCUT2D eigenvalue weighted by atomic mass is 35.5. The van der Waals surface area contributed by atoms with Gasteiger partial charge in [-0.15, -0.1) is 11.8 Å². The Morgan fingerprint density at radius 3 is 2.62 bits per heavy atom. The van der Waals surface area contributed by atoms with Crippen LogP contribution in [0.2, 0.25) is 5.02 Å². The van der Waals surface area contributed by atoms with E-state index in [2.05, 4.69) is 19.2 Å². The monoisotopic (exact) mass is 321 g/mol. The molecule has 0 unspecified atom stereocenters. The summed E-state index contributed by atoms with van der Waals surface area (Å²) in [5.74, 6) is 1.61. The third-order valence-electron chi connectivity index (χ3n) is 3.02. The molecule has 2 aromatic carbocycles. The third kappa shape index (κ3) is 4.67. The lowest BCUT2D eigenvalue weighted by Gasteiger charge is -2.12. The quantitative estimate of drug-likeness (QED) is 0.724. The average molecular weight is 322 g/mol. The van der Waals surface area contributed by atoms with Crippen LogP contribution in [0.25, 0.3) is 0 Å². The number of ether oxygens (including phenoxy) is 1. The van der Waals surface area contributed by atoms with Crippen LogP contribution in [0.15, 0.2) is 47.4 Å². The highest BCUT2D eigenvalue weighted by Crippen LogP contribution is 2.32. The first-order valence-corrected chi connectivity index (χ1v) is 8.53. The van der Waals surface area contributed by atoms with Crippen molar-refractivity contribution in [3.05, 3.63) is 53.1 Å². The number of hydrogen-bond acceptors (Lipinski definition) is 3. The van der Waals surface area contributed by atoms with Gasteiger partial charge in [0, 0.05) is 22.5 Å². The number of nitrogens with one attached hydrogen (secondary N) is 1. The summed E-state index contributed by atoms with van der Waals surface area (Å²) >= 11 is 7.99. The summed E-state index contributed by atoms with van der Waals surface area (Å²) in [7, 11) is 0. The molecule has 21 heavy (non-hydrogen) atoms. The van der Waals surface area contributed by atoms with Crippen LogP contribution < -0.4 is 10.1 Å². The van der Waals surface area contributed by atoms with Gasteiger partial charge in [-0.1, -0.05) is 43.6 Å². The van der Waals surface area contributed by atoms with E-state index in [9.17, 15) is 0 Å². The molecule has 0 heterocycles. The zero-order valence-electron chi connectivity index (χ0n) is 12.5. The van der Waals surface area contributed by atoms with Crippen LogP contribution in [0, 0.1) is 0 Å². The van der Waals surface area contributed by atoms with Crippen LogP contribution in [0.4, 0.5) is 0 Å². The number of benzene rings is 2. The Morgan fingerprint density at radius 2 is 1.95 bits per heavy atom. The van der Waals surface area contributed by atoms with E-state index in [0.717, 1.165) is 33.5 Å². The zero-order valence-corrected chi connectivity index (χ0v) is 14.1. The molecule has 0 aliphatic heterocycles. The van der Waals surface area contributed by atoms with E-state index in [1.807, 2.05) is 48.7 Å². The maximum Gasteiger partial charge on any atom is 0.140 e. The maximum atomic E-state index is 6.33.